The van der Waals surface area contributed by atoms with Gasteiger partial charge in [0.05, 0.1) is 17.5 Å². The van der Waals surface area contributed by atoms with Crippen LogP contribution in [0.4, 0.5) is 13.2 Å². The lowest BCUT2D eigenvalue weighted by molar-refractivity contribution is -0.275. The molecular formula is C20H18F3N3O3S. The first-order chi connectivity index (χ1) is 14.2. The number of furan rings is 1. The Balaban J connectivity index is 1.89. The van der Waals surface area contributed by atoms with Gasteiger partial charge in [0.1, 0.15) is 10.8 Å². The van der Waals surface area contributed by atoms with Gasteiger partial charge in [-0.05, 0) is 31.4 Å². The van der Waals surface area contributed by atoms with Gasteiger partial charge < -0.3 is 14.1 Å². The van der Waals surface area contributed by atoms with E-state index >= 15 is 0 Å². The number of hydrogen-bond acceptors (Lipinski definition) is 6. The predicted molar refractivity (Wildman–Crippen MR) is 105 cm³/mol. The molecular weight excluding hydrogens is 419 g/mol. The van der Waals surface area contributed by atoms with Crippen LogP contribution in [0.1, 0.15) is 21.6 Å². The molecule has 0 fully saturated rings. The summed E-state index contributed by atoms with van der Waals surface area (Å²) in [4.78, 5) is 23.2. The first-order valence-corrected chi connectivity index (χ1v) is 9.97. The van der Waals surface area contributed by atoms with Gasteiger partial charge in [0.15, 0.2) is 11.6 Å². The molecule has 30 heavy (non-hydrogen) atoms. The van der Waals surface area contributed by atoms with E-state index in [9.17, 15) is 18.0 Å². The van der Waals surface area contributed by atoms with E-state index in [-0.39, 0.29) is 23.4 Å². The highest BCUT2D eigenvalue weighted by atomic mass is 32.2. The van der Waals surface area contributed by atoms with E-state index in [0.29, 0.717) is 22.3 Å². The van der Waals surface area contributed by atoms with Gasteiger partial charge in [-0.15, -0.1) is 24.9 Å². The van der Waals surface area contributed by atoms with Crippen molar-refractivity contribution in [3.05, 3.63) is 59.5 Å². The Hall–Kier alpha value is -3.01. The summed E-state index contributed by atoms with van der Waals surface area (Å²) < 4.78 is 47.4. The van der Waals surface area contributed by atoms with E-state index in [0.717, 1.165) is 0 Å². The van der Waals surface area contributed by atoms with Crippen LogP contribution in [-0.4, -0.2) is 40.4 Å². The average molecular weight is 437 g/mol. The number of ether oxygens (including phenoxy) is 1. The second-order valence-electron chi connectivity index (χ2n) is 6.31. The van der Waals surface area contributed by atoms with Gasteiger partial charge in [0, 0.05) is 19.2 Å². The summed E-state index contributed by atoms with van der Waals surface area (Å²) in [5, 5.41) is 0.450. The van der Waals surface area contributed by atoms with E-state index in [2.05, 4.69) is 14.7 Å². The number of carbonyl (C=O) groups is 1. The van der Waals surface area contributed by atoms with Crippen LogP contribution in [0.3, 0.4) is 0 Å². The third kappa shape index (κ3) is 4.93. The van der Waals surface area contributed by atoms with Gasteiger partial charge in [0.2, 0.25) is 0 Å². The topological polar surface area (TPSA) is 68.5 Å². The van der Waals surface area contributed by atoms with Crippen LogP contribution >= 0.6 is 11.8 Å². The van der Waals surface area contributed by atoms with Gasteiger partial charge in [-0.1, -0.05) is 18.2 Å². The highest BCUT2D eigenvalue weighted by Gasteiger charge is 2.32. The molecule has 0 atom stereocenters. The van der Waals surface area contributed by atoms with E-state index in [1.165, 1.54) is 48.2 Å². The number of rotatable bonds is 6. The van der Waals surface area contributed by atoms with Crippen molar-refractivity contribution in [2.45, 2.75) is 24.9 Å². The maximum Gasteiger partial charge on any atom is 0.573 e. The van der Waals surface area contributed by atoms with Crippen molar-refractivity contribution < 1.29 is 27.1 Å². The number of aromatic nitrogens is 2. The Labute approximate surface area is 175 Å². The zero-order chi connectivity index (χ0) is 21.9. The molecule has 6 nitrogen and oxygen atoms in total. The quantitative estimate of drug-likeness (QED) is 0.402. The number of thioether (sulfide) groups is 1. The summed E-state index contributed by atoms with van der Waals surface area (Å²) in [5.74, 6) is 0.0597. The highest BCUT2D eigenvalue weighted by Crippen LogP contribution is 2.29. The molecule has 0 aliphatic heterocycles. The van der Waals surface area contributed by atoms with E-state index in [4.69, 9.17) is 4.42 Å². The molecule has 3 rings (SSSR count). The number of amides is 1. The van der Waals surface area contributed by atoms with E-state index in [1.54, 1.807) is 31.4 Å². The van der Waals surface area contributed by atoms with Gasteiger partial charge in [0.25, 0.3) is 5.91 Å². The largest absolute Gasteiger partial charge is 0.573 e. The molecule has 0 bridgehead atoms. The monoisotopic (exact) mass is 437 g/mol. The van der Waals surface area contributed by atoms with Gasteiger partial charge in [-0.25, -0.2) is 9.97 Å². The number of hydrogen-bond donors (Lipinski definition) is 0. The van der Waals surface area contributed by atoms with E-state index < -0.39 is 12.3 Å². The van der Waals surface area contributed by atoms with Gasteiger partial charge in [-0.3, -0.25) is 4.79 Å². The second-order valence-corrected chi connectivity index (χ2v) is 7.11. The van der Waals surface area contributed by atoms with Crippen LogP contribution in [0.5, 0.6) is 5.75 Å². The van der Waals surface area contributed by atoms with Crippen LogP contribution < -0.4 is 4.74 Å². The fourth-order valence-electron chi connectivity index (χ4n) is 2.83. The molecule has 0 spiro atoms. The summed E-state index contributed by atoms with van der Waals surface area (Å²) in [5.41, 5.74) is 0.953. The Morgan fingerprint density at radius 3 is 2.57 bits per heavy atom. The minimum absolute atomic E-state index is 0.0850. The molecule has 3 aromatic rings. The van der Waals surface area contributed by atoms with Crippen molar-refractivity contribution >= 4 is 17.7 Å². The number of aryl methyl sites for hydroxylation is 1. The first kappa shape index (κ1) is 21.7. The first-order valence-electron chi connectivity index (χ1n) is 8.75. The molecule has 0 unspecified atom stereocenters. The number of carbonyl (C=O) groups excluding carboxylic acids is 1. The summed E-state index contributed by atoms with van der Waals surface area (Å²) >= 11 is 1.27. The minimum atomic E-state index is -4.82. The Morgan fingerprint density at radius 1 is 1.20 bits per heavy atom. The molecule has 1 aromatic carbocycles. The third-order valence-electron chi connectivity index (χ3n) is 4.16. The lowest BCUT2D eigenvalue weighted by Gasteiger charge is -2.21. The smallest absolute Gasteiger partial charge is 0.461 e. The molecule has 0 N–H and O–H groups in total. The van der Waals surface area contributed by atoms with Crippen LogP contribution in [-0.2, 0) is 6.54 Å². The average Bonchev–Trinajstić information content (AvgIpc) is 3.22. The van der Waals surface area contributed by atoms with Gasteiger partial charge >= 0.3 is 6.36 Å². The number of halogens is 3. The Bertz CT molecular complexity index is 1040. The lowest BCUT2D eigenvalue weighted by Crippen LogP contribution is -2.29. The highest BCUT2D eigenvalue weighted by molar-refractivity contribution is 7.98. The van der Waals surface area contributed by atoms with Crippen molar-refractivity contribution in [3.8, 4) is 17.3 Å². The molecule has 0 radical (unpaired) electrons. The normalized spacial score (nSPS) is 11.4. The van der Waals surface area contributed by atoms with Crippen molar-refractivity contribution in [3.63, 3.8) is 0 Å². The molecule has 10 heteroatoms. The van der Waals surface area contributed by atoms with Crippen molar-refractivity contribution in [2.24, 2.45) is 0 Å². The summed E-state index contributed by atoms with van der Waals surface area (Å²) in [6, 6.07) is 9.12. The zero-order valence-corrected chi connectivity index (χ0v) is 17.2. The fraction of sp³-hybridized carbons (Fsp3) is 0.250. The fourth-order valence-corrected chi connectivity index (χ4v) is 3.45. The maximum absolute atomic E-state index is 13.1. The predicted octanol–water partition coefficient (Wildman–Crippen LogP) is 4.94. The zero-order valence-electron chi connectivity index (χ0n) is 16.4. The maximum atomic E-state index is 13.1. The number of para-hydroxylation sites is 1. The van der Waals surface area contributed by atoms with Crippen LogP contribution in [0.25, 0.3) is 11.6 Å². The standard InChI is InChI=1S/C20H18F3N3O3S/c1-12-16(18(30-3)25-17(24-12)15-9-6-10-28-15)19(27)26(2)11-13-7-4-5-8-14(13)29-20(21,22)23/h4-10H,11H2,1-3H3. The van der Waals surface area contributed by atoms with Crippen LogP contribution in [0.15, 0.2) is 52.1 Å². The molecule has 158 valence electrons. The molecule has 0 saturated carbocycles. The molecule has 0 aliphatic rings. The molecule has 0 aliphatic carbocycles. The third-order valence-corrected chi connectivity index (χ3v) is 4.84. The number of nitrogens with zero attached hydrogens (tertiary/aromatic N) is 3. The van der Waals surface area contributed by atoms with Gasteiger partial charge in [-0.2, -0.15) is 0 Å². The summed E-state index contributed by atoms with van der Waals surface area (Å²) in [6.45, 7) is 1.59. The minimum Gasteiger partial charge on any atom is -0.461 e. The Kier molecular flexibility index (Phi) is 6.35. The molecule has 2 aromatic heterocycles. The number of benzene rings is 1. The van der Waals surface area contributed by atoms with Crippen molar-refractivity contribution in [1.82, 2.24) is 14.9 Å². The molecule has 0 saturated heterocycles. The van der Waals surface area contributed by atoms with Crippen molar-refractivity contribution in [2.75, 3.05) is 13.3 Å². The van der Waals surface area contributed by atoms with Crippen molar-refractivity contribution in [1.29, 1.82) is 0 Å². The van der Waals surface area contributed by atoms with E-state index in [1.807, 2.05) is 0 Å². The Morgan fingerprint density at radius 2 is 1.93 bits per heavy atom. The number of alkyl halides is 3. The summed E-state index contributed by atoms with van der Waals surface area (Å²) in [7, 11) is 1.50. The second kappa shape index (κ2) is 8.78. The molecule has 2 heterocycles. The SMILES string of the molecule is CSc1nc(-c2ccco2)nc(C)c1C(=O)N(C)Cc1ccccc1OC(F)(F)F. The lowest BCUT2D eigenvalue weighted by atomic mass is 10.1. The van der Waals surface area contributed by atoms with Crippen LogP contribution in [0, 0.1) is 6.92 Å². The van der Waals surface area contributed by atoms with Crippen LogP contribution in [0.2, 0.25) is 0 Å². The molecule has 1 amide bonds. The summed E-state index contributed by atoms with van der Waals surface area (Å²) in [6.07, 6.45) is -1.55.